The fourth-order valence-electron chi connectivity index (χ4n) is 2.92. The van der Waals surface area contributed by atoms with Crippen LogP contribution >= 0.6 is 0 Å². The summed E-state index contributed by atoms with van der Waals surface area (Å²) in [6.45, 7) is 2.63. The number of carbonyl (C=O) groups excluding carboxylic acids is 1. The predicted molar refractivity (Wildman–Crippen MR) is 111 cm³/mol. The number of anilines is 1. The van der Waals surface area contributed by atoms with Crippen LogP contribution in [0, 0.1) is 0 Å². The first-order chi connectivity index (χ1) is 14.0. The number of hydrazone groups is 2. The van der Waals surface area contributed by atoms with E-state index in [1.54, 1.807) is 30.3 Å². The Morgan fingerprint density at radius 2 is 2.00 bits per heavy atom. The normalized spacial score (nSPS) is 14.6. The highest BCUT2D eigenvalue weighted by molar-refractivity contribution is 6.62. The fourth-order valence-corrected chi connectivity index (χ4v) is 2.92. The molecule has 1 aliphatic rings. The molecule has 0 saturated heterocycles. The molecule has 0 radical (unpaired) electrons. The van der Waals surface area contributed by atoms with Crippen LogP contribution in [0.1, 0.15) is 36.5 Å². The van der Waals surface area contributed by atoms with E-state index in [-0.39, 0.29) is 22.9 Å². The van der Waals surface area contributed by atoms with Gasteiger partial charge in [0.05, 0.1) is 17.5 Å². The van der Waals surface area contributed by atoms with Gasteiger partial charge in [-0.3, -0.25) is 10.2 Å². The van der Waals surface area contributed by atoms with E-state index in [1.807, 2.05) is 0 Å². The Kier molecular flexibility index (Phi) is 6.23. The van der Waals surface area contributed by atoms with Crippen LogP contribution < -0.4 is 5.43 Å². The zero-order valence-corrected chi connectivity index (χ0v) is 16.0. The van der Waals surface area contributed by atoms with Crippen LogP contribution in [0.4, 0.5) is 5.69 Å². The van der Waals surface area contributed by atoms with Crippen LogP contribution in [0.5, 0.6) is 5.75 Å². The summed E-state index contributed by atoms with van der Waals surface area (Å²) in [4.78, 5) is 23.5. The second-order valence-electron chi connectivity index (χ2n) is 6.58. The van der Waals surface area contributed by atoms with Crippen LogP contribution in [0.2, 0.25) is 0 Å². The van der Waals surface area contributed by atoms with Gasteiger partial charge in [0.1, 0.15) is 5.75 Å². The van der Waals surface area contributed by atoms with Gasteiger partial charge in [-0.15, -0.1) is 0 Å². The number of carboxylic acids is 1. The van der Waals surface area contributed by atoms with Crippen molar-refractivity contribution in [1.82, 2.24) is 5.01 Å². The molecular weight excluding hydrogens is 372 g/mol. The molecule has 8 heteroatoms. The minimum absolute atomic E-state index is 0.0958. The second kappa shape index (κ2) is 9.01. The molecule has 29 heavy (non-hydrogen) atoms. The van der Waals surface area contributed by atoms with Crippen molar-refractivity contribution >= 4 is 29.5 Å². The first-order valence-corrected chi connectivity index (χ1v) is 9.36. The first-order valence-electron chi connectivity index (χ1n) is 9.36. The molecule has 0 unspecified atom stereocenters. The summed E-state index contributed by atoms with van der Waals surface area (Å²) in [5, 5.41) is 29.3. The summed E-state index contributed by atoms with van der Waals surface area (Å²) in [5.74, 6) is -1.44. The van der Waals surface area contributed by atoms with Gasteiger partial charge in [0.25, 0.3) is 5.91 Å². The SMILES string of the molecule is CCCCCN1N=C/C(=N/Nc2cccc(-c3cccc(C(=O)O)c3)c2O)C1=O. The highest BCUT2D eigenvalue weighted by Crippen LogP contribution is 2.35. The molecule has 0 aromatic heterocycles. The third kappa shape index (κ3) is 4.60. The van der Waals surface area contributed by atoms with Crippen molar-refractivity contribution in [3.05, 3.63) is 48.0 Å². The summed E-state index contributed by atoms with van der Waals surface area (Å²) in [6, 6.07) is 11.3. The lowest BCUT2D eigenvalue weighted by Crippen LogP contribution is -2.27. The second-order valence-corrected chi connectivity index (χ2v) is 6.58. The minimum Gasteiger partial charge on any atom is -0.505 e. The maximum absolute atomic E-state index is 12.3. The number of carbonyl (C=O) groups is 2. The number of para-hydroxylation sites is 1. The zero-order chi connectivity index (χ0) is 20.8. The van der Waals surface area contributed by atoms with Gasteiger partial charge in [-0.2, -0.15) is 10.2 Å². The molecular formula is C21H22N4O4. The van der Waals surface area contributed by atoms with Crippen molar-refractivity contribution < 1.29 is 19.8 Å². The van der Waals surface area contributed by atoms with Gasteiger partial charge in [0.15, 0.2) is 5.71 Å². The van der Waals surface area contributed by atoms with E-state index in [4.69, 9.17) is 5.11 Å². The molecule has 0 fully saturated rings. The summed E-state index contributed by atoms with van der Waals surface area (Å²) < 4.78 is 0. The predicted octanol–water partition coefficient (Wildman–Crippen LogP) is 3.54. The van der Waals surface area contributed by atoms with Crippen LogP contribution in [0.3, 0.4) is 0 Å². The molecule has 0 spiro atoms. The maximum Gasteiger partial charge on any atom is 0.335 e. The Balaban J connectivity index is 1.76. The molecule has 0 bridgehead atoms. The lowest BCUT2D eigenvalue weighted by atomic mass is 10.0. The molecule has 150 valence electrons. The number of carboxylic acid groups (broad SMARTS) is 1. The molecule has 8 nitrogen and oxygen atoms in total. The monoisotopic (exact) mass is 394 g/mol. The van der Waals surface area contributed by atoms with E-state index >= 15 is 0 Å². The van der Waals surface area contributed by atoms with Crippen LogP contribution in [0.25, 0.3) is 11.1 Å². The van der Waals surface area contributed by atoms with Gasteiger partial charge >= 0.3 is 5.97 Å². The van der Waals surface area contributed by atoms with Gasteiger partial charge in [-0.05, 0) is 30.2 Å². The molecule has 0 aliphatic carbocycles. The summed E-state index contributed by atoms with van der Waals surface area (Å²) in [6.07, 6.45) is 4.34. The van der Waals surface area contributed by atoms with E-state index < -0.39 is 5.97 Å². The quantitative estimate of drug-likeness (QED) is 0.360. The molecule has 1 amide bonds. The highest BCUT2D eigenvalue weighted by Gasteiger charge is 2.24. The van der Waals surface area contributed by atoms with Gasteiger partial charge in [-0.1, -0.05) is 44.0 Å². The minimum atomic E-state index is -1.05. The number of benzene rings is 2. The summed E-state index contributed by atoms with van der Waals surface area (Å²) >= 11 is 0. The van der Waals surface area contributed by atoms with Crippen LogP contribution in [0.15, 0.2) is 52.7 Å². The van der Waals surface area contributed by atoms with Crippen molar-refractivity contribution in [2.45, 2.75) is 26.2 Å². The Bertz CT molecular complexity index is 984. The number of phenolic OH excluding ortho intramolecular Hbond substituents is 1. The number of nitrogens with one attached hydrogen (secondary N) is 1. The number of amides is 1. The average molecular weight is 394 g/mol. The van der Waals surface area contributed by atoms with Gasteiger partial charge in [-0.25, -0.2) is 9.80 Å². The van der Waals surface area contributed by atoms with E-state index in [2.05, 4.69) is 22.6 Å². The van der Waals surface area contributed by atoms with Crippen molar-refractivity contribution in [3.8, 4) is 16.9 Å². The number of aromatic hydroxyl groups is 1. The third-order valence-corrected chi connectivity index (χ3v) is 4.50. The first kappa shape index (κ1) is 20.1. The molecule has 2 aromatic carbocycles. The average Bonchev–Trinajstić information content (AvgIpc) is 3.07. The van der Waals surface area contributed by atoms with Crippen molar-refractivity contribution in [3.63, 3.8) is 0 Å². The van der Waals surface area contributed by atoms with Crippen LogP contribution in [-0.2, 0) is 4.79 Å². The molecule has 3 rings (SSSR count). The summed E-state index contributed by atoms with van der Waals surface area (Å²) in [7, 11) is 0. The lowest BCUT2D eigenvalue weighted by Gasteiger charge is -2.11. The van der Waals surface area contributed by atoms with Crippen molar-refractivity contribution in [2.75, 3.05) is 12.0 Å². The molecule has 1 heterocycles. The Hall–Kier alpha value is -3.68. The molecule has 0 atom stereocenters. The van der Waals surface area contributed by atoms with E-state index in [1.165, 1.54) is 23.4 Å². The van der Waals surface area contributed by atoms with Crippen LogP contribution in [-0.4, -0.2) is 45.6 Å². The standard InChI is InChI=1S/C21H22N4O4/c1-2-3-4-11-25-20(27)18(13-22-25)24-23-17-10-6-9-16(19(17)26)14-7-5-8-15(12-14)21(28)29/h5-10,12-13,23,26H,2-4,11H2,1H3,(H,28,29)/b24-18-. The number of rotatable bonds is 8. The van der Waals surface area contributed by atoms with E-state index in [0.717, 1.165) is 19.3 Å². The topological polar surface area (TPSA) is 115 Å². The molecule has 1 aliphatic heterocycles. The van der Waals surface area contributed by atoms with Gasteiger partial charge in [0, 0.05) is 12.1 Å². The third-order valence-electron chi connectivity index (χ3n) is 4.50. The number of hydrogen-bond acceptors (Lipinski definition) is 6. The molecule has 3 N–H and O–H groups in total. The number of aromatic carboxylic acids is 1. The van der Waals surface area contributed by atoms with E-state index in [9.17, 15) is 14.7 Å². The highest BCUT2D eigenvalue weighted by atomic mass is 16.4. The molecule has 0 saturated carbocycles. The van der Waals surface area contributed by atoms with Crippen molar-refractivity contribution in [2.24, 2.45) is 10.2 Å². The Labute approximate surface area is 168 Å². The van der Waals surface area contributed by atoms with Crippen molar-refractivity contribution in [1.29, 1.82) is 0 Å². The Morgan fingerprint density at radius 1 is 1.21 bits per heavy atom. The number of phenols is 1. The Morgan fingerprint density at radius 3 is 2.76 bits per heavy atom. The zero-order valence-electron chi connectivity index (χ0n) is 16.0. The number of hydrogen-bond donors (Lipinski definition) is 3. The number of unbranched alkanes of at least 4 members (excludes halogenated alkanes) is 2. The smallest absolute Gasteiger partial charge is 0.335 e. The lowest BCUT2D eigenvalue weighted by molar-refractivity contribution is -0.123. The van der Waals surface area contributed by atoms with Gasteiger partial charge < -0.3 is 10.2 Å². The number of nitrogens with zero attached hydrogens (tertiary/aromatic N) is 3. The largest absolute Gasteiger partial charge is 0.505 e. The summed E-state index contributed by atoms with van der Waals surface area (Å²) in [5.41, 5.74) is 4.28. The van der Waals surface area contributed by atoms with E-state index in [0.29, 0.717) is 23.4 Å². The van der Waals surface area contributed by atoms with Gasteiger partial charge in [0.2, 0.25) is 0 Å². The molecule has 2 aromatic rings. The maximum atomic E-state index is 12.3. The fraction of sp³-hybridized carbons (Fsp3) is 0.238.